The highest BCUT2D eigenvalue weighted by atomic mass is 16.5. The van der Waals surface area contributed by atoms with Crippen molar-refractivity contribution in [3.05, 3.63) is 0 Å². The standard InChI is InChI=1S/C13H24N2O2/c1-9(11-3-6-14-7-4-11)15-13(16)12-5-8-17-10(12)2/h9-12,14H,3-8H2,1-2H3,(H,15,16). The second-order valence-electron chi connectivity index (χ2n) is 5.36. The van der Waals surface area contributed by atoms with Crippen molar-refractivity contribution in [2.75, 3.05) is 19.7 Å². The molecule has 0 aliphatic carbocycles. The average molecular weight is 240 g/mol. The molecule has 2 N–H and O–H groups in total. The van der Waals surface area contributed by atoms with E-state index in [-0.39, 0.29) is 24.0 Å². The largest absolute Gasteiger partial charge is 0.378 e. The average Bonchev–Trinajstić information content (AvgIpc) is 2.76. The maximum atomic E-state index is 12.1. The molecular formula is C13H24N2O2. The molecule has 2 aliphatic rings. The summed E-state index contributed by atoms with van der Waals surface area (Å²) in [7, 11) is 0. The minimum atomic E-state index is 0.0548. The van der Waals surface area contributed by atoms with Gasteiger partial charge in [0.2, 0.25) is 5.91 Å². The Morgan fingerprint density at radius 2 is 2.06 bits per heavy atom. The maximum Gasteiger partial charge on any atom is 0.226 e. The molecule has 4 nitrogen and oxygen atoms in total. The number of carbonyl (C=O) groups excluding carboxylic acids is 1. The summed E-state index contributed by atoms with van der Waals surface area (Å²) in [6.07, 6.45) is 3.28. The maximum absolute atomic E-state index is 12.1. The van der Waals surface area contributed by atoms with E-state index in [1.807, 2.05) is 6.92 Å². The Balaban J connectivity index is 1.80. The summed E-state index contributed by atoms with van der Waals surface area (Å²) in [5.41, 5.74) is 0. The molecule has 0 radical (unpaired) electrons. The topological polar surface area (TPSA) is 50.4 Å². The fraction of sp³-hybridized carbons (Fsp3) is 0.923. The lowest BCUT2D eigenvalue weighted by atomic mass is 9.90. The fourth-order valence-electron chi connectivity index (χ4n) is 2.87. The van der Waals surface area contributed by atoms with Crippen LogP contribution in [0.25, 0.3) is 0 Å². The Morgan fingerprint density at radius 3 is 2.65 bits per heavy atom. The molecule has 2 rings (SSSR count). The third kappa shape index (κ3) is 3.19. The van der Waals surface area contributed by atoms with E-state index >= 15 is 0 Å². The van der Waals surface area contributed by atoms with E-state index in [1.165, 1.54) is 0 Å². The lowest BCUT2D eigenvalue weighted by molar-refractivity contribution is -0.127. The first-order valence-electron chi connectivity index (χ1n) is 6.81. The molecular weight excluding hydrogens is 216 g/mol. The lowest BCUT2D eigenvalue weighted by Crippen LogP contribution is -2.45. The Labute approximate surface area is 103 Å². The van der Waals surface area contributed by atoms with Gasteiger partial charge in [0.1, 0.15) is 0 Å². The predicted octanol–water partition coefficient (Wildman–Crippen LogP) is 0.916. The van der Waals surface area contributed by atoms with Crippen molar-refractivity contribution in [2.45, 2.75) is 45.3 Å². The number of carbonyl (C=O) groups is 1. The molecule has 17 heavy (non-hydrogen) atoms. The van der Waals surface area contributed by atoms with Gasteiger partial charge in [0.25, 0.3) is 0 Å². The molecule has 0 spiro atoms. The van der Waals surface area contributed by atoms with Crippen LogP contribution in [0.5, 0.6) is 0 Å². The van der Waals surface area contributed by atoms with E-state index in [4.69, 9.17) is 4.74 Å². The van der Waals surface area contributed by atoms with Gasteiger partial charge >= 0.3 is 0 Å². The van der Waals surface area contributed by atoms with Crippen LogP contribution in [0.3, 0.4) is 0 Å². The van der Waals surface area contributed by atoms with Crippen LogP contribution >= 0.6 is 0 Å². The van der Waals surface area contributed by atoms with Gasteiger partial charge in [-0.05, 0) is 52.1 Å². The number of rotatable bonds is 3. The zero-order chi connectivity index (χ0) is 12.3. The van der Waals surface area contributed by atoms with E-state index in [1.54, 1.807) is 0 Å². The first-order chi connectivity index (χ1) is 8.18. The minimum absolute atomic E-state index is 0.0548. The molecule has 2 saturated heterocycles. The third-order valence-corrected chi connectivity index (χ3v) is 4.17. The number of hydrogen-bond acceptors (Lipinski definition) is 3. The Morgan fingerprint density at radius 1 is 1.35 bits per heavy atom. The van der Waals surface area contributed by atoms with Crippen molar-refractivity contribution in [3.63, 3.8) is 0 Å². The summed E-state index contributed by atoms with van der Waals surface area (Å²) in [5.74, 6) is 0.859. The molecule has 98 valence electrons. The van der Waals surface area contributed by atoms with Gasteiger partial charge in [-0.1, -0.05) is 0 Å². The van der Waals surface area contributed by atoms with Crippen molar-refractivity contribution in [1.29, 1.82) is 0 Å². The minimum Gasteiger partial charge on any atom is -0.378 e. The van der Waals surface area contributed by atoms with Crippen LogP contribution in [0.1, 0.15) is 33.1 Å². The first kappa shape index (κ1) is 12.8. The summed E-state index contributed by atoms with van der Waals surface area (Å²) in [5, 5.41) is 6.53. The second kappa shape index (κ2) is 5.83. The lowest BCUT2D eigenvalue weighted by Gasteiger charge is -2.29. The zero-order valence-corrected chi connectivity index (χ0v) is 10.9. The van der Waals surface area contributed by atoms with Crippen LogP contribution in [-0.2, 0) is 9.53 Å². The molecule has 0 aromatic rings. The molecule has 0 aromatic carbocycles. The summed E-state index contributed by atoms with van der Waals surface area (Å²) < 4.78 is 5.44. The molecule has 2 aliphatic heterocycles. The zero-order valence-electron chi connectivity index (χ0n) is 10.9. The van der Waals surface area contributed by atoms with E-state index in [0.29, 0.717) is 5.92 Å². The molecule has 0 bridgehead atoms. The smallest absolute Gasteiger partial charge is 0.226 e. The number of hydrogen-bond donors (Lipinski definition) is 2. The van der Waals surface area contributed by atoms with Gasteiger partial charge in [0.05, 0.1) is 12.0 Å². The van der Waals surface area contributed by atoms with Crippen LogP contribution < -0.4 is 10.6 Å². The monoisotopic (exact) mass is 240 g/mol. The van der Waals surface area contributed by atoms with Gasteiger partial charge in [-0.3, -0.25) is 4.79 Å². The fourth-order valence-corrected chi connectivity index (χ4v) is 2.87. The quantitative estimate of drug-likeness (QED) is 0.771. The molecule has 2 fully saturated rings. The summed E-state index contributed by atoms with van der Waals surface area (Å²) in [4.78, 5) is 12.1. The molecule has 1 amide bonds. The molecule has 0 saturated carbocycles. The molecule has 3 atom stereocenters. The Hall–Kier alpha value is -0.610. The normalized spacial score (nSPS) is 32.4. The summed E-state index contributed by atoms with van der Waals surface area (Å²) >= 11 is 0. The van der Waals surface area contributed by atoms with Crippen LogP contribution in [0, 0.1) is 11.8 Å². The third-order valence-electron chi connectivity index (χ3n) is 4.17. The van der Waals surface area contributed by atoms with Crippen LogP contribution in [0.15, 0.2) is 0 Å². The van der Waals surface area contributed by atoms with Crippen LogP contribution in [-0.4, -0.2) is 37.7 Å². The summed E-state index contributed by atoms with van der Waals surface area (Å²) in [6.45, 7) is 7.00. The van der Waals surface area contributed by atoms with Gasteiger partial charge in [0, 0.05) is 12.6 Å². The number of ether oxygens (including phenoxy) is 1. The predicted molar refractivity (Wildman–Crippen MR) is 66.7 cm³/mol. The molecule has 0 aromatic heterocycles. The highest BCUT2D eigenvalue weighted by Gasteiger charge is 2.32. The molecule has 4 heteroatoms. The van der Waals surface area contributed by atoms with Gasteiger partial charge < -0.3 is 15.4 Å². The number of amides is 1. The van der Waals surface area contributed by atoms with Crippen molar-refractivity contribution in [3.8, 4) is 0 Å². The molecule has 3 unspecified atom stereocenters. The highest BCUT2D eigenvalue weighted by Crippen LogP contribution is 2.22. The van der Waals surface area contributed by atoms with Gasteiger partial charge in [-0.15, -0.1) is 0 Å². The van der Waals surface area contributed by atoms with Gasteiger partial charge in [-0.25, -0.2) is 0 Å². The van der Waals surface area contributed by atoms with Crippen molar-refractivity contribution in [1.82, 2.24) is 10.6 Å². The van der Waals surface area contributed by atoms with Crippen molar-refractivity contribution >= 4 is 5.91 Å². The van der Waals surface area contributed by atoms with Gasteiger partial charge in [0.15, 0.2) is 0 Å². The molecule has 2 heterocycles. The highest BCUT2D eigenvalue weighted by molar-refractivity contribution is 5.79. The number of piperidine rings is 1. The Bertz CT molecular complexity index is 264. The van der Waals surface area contributed by atoms with E-state index in [0.717, 1.165) is 39.0 Å². The second-order valence-corrected chi connectivity index (χ2v) is 5.36. The van der Waals surface area contributed by atoms with Crippen molar-refractivity contribution < 1.29 is 9.53 Å². The Kier molecular flexibility index (Phi) is 4.40. The number of nitrogens with one attached hydrogen (secondary N) is 2. The summed E-state index contributed by atoms with van der Waals surface area (Å²) in [6, 6.07) is 0.289. The van der Waals surface area contributed by atoms with Crippen LogP contribution in [0.4, 0.5) is 0 Å². The van der Waals surface area contributed by atoms with E-state index in [2.05, 4.69) is 17.6 Å². The van der Waals surface area contributed by atoms with E-state index < -0.39 is 0 Å². The van der Waals surface area contributed by atoms with E-state index in [9.17, 15) is 4.79 Å². The van der Waals surface area contributed by atoms with Crippen LogP contribution in [0.2, 0.25) is 0 Å². The van der Waals surface area contributed by atoms with Crippen molar-refractivity contribution in [2.24, 2.45) is 11.8 Å². The SMILES string of the molecule is CC(NC(=O)C1CCOC1C)C1CCNCC1. The first-order valence-corrected chi connectivity index (χ1v) is 6.81. The van der Waals surface area contributed by atoms with Gasteiger partial charge in [-0.2, -0.15) is 0 Å².